The van der Waals surface area contributed by atoms with E-state index >= 15 is 0 Å². The van der Waals surface area contributed by atoms with Gasteiger partial charge in [-0.2, -0.15) is 0 Å². The van der Waals surface area contributed by atoms with Gasteiger partial charge in [-0.1, -0.05) is 24.3 Å². The highest BCUT2D eigenvalue weighted by Crippen LogP contribution is 2.29. The number of carbonyl (C=O) groups is 1. The van der Waals surface area contributed by atoms with Gasteiger partial charge in [0, 0.05) is 18.6 Å². The molecule has 4 nitrogen and oxygen atoms in total. The van der Waals surface area contributed by atoms with Gasteiger partial charge in [-0.15, -0.1) is 0 Å². The smallest absolute Gasteiger partial charge is 0.221 e. The standard InChI is InChI=1S/C20H29N3O/c21-20(24)17-6-3-9-23(14-17)18-7-10-22(11-8-18)19-12-15-4-1-2-5-16(15)13-19/h1-2,4-5,17-19H,3,6-14H2,(H2,21,24). The Bertz CT molecular complexity index is 569. The Morgan fingerprint density at radius 3 is 2.21 bits per heavy atom. The zero-order valence-corrected chi connectivity index (χ0v) is 14.5. The number of primary amides is 1. The number of rotatable bonds is 3. The van der Waals surface area contributed by atoms with E-state index in [9.17, 15) is 4.79 Å². The van der Waals surface area contributed by atoms with Crippen molar-refractivity contribution < 1.29 is 4.79 Å². The lowest BCUT2D eigenvalue weighted by Gasteiger charge is -2.43. The molecule has 1 aromatic rings. The van der Waals surface area contributed by atoms with Gasteiger partial charge >= 0.3 is 0 Å². The average Bonchev–Trinajstić information content (AvgIpc) is 3.06. The summed E-state index contributed by atoms with van der Waals surface area (Å²) in [6.45, 7) is 4.42. The zero-order valence-electron chi connectivity index (χ0n) is 14.5. The molecule has 3 aliphatic rings. The Labute approximate surface area is 145 Å². The Morgan fingerprint density at radius 1 is 0.917 bits per heavy atom. The number of benzene rings is 1. The molecular formula is C20H29N3O. The maximum atomic E-state index is 11.5. The molecule has 0 bridgehead atoms. The second kappa shape index (κ2) is 6.85. The summed E-state index contributed by atoms with van der Waals surface area (Å²) in [4.78, 5) is 16.7. The summed E-state index contributed by atoms with van der Waals surface area (Å²) >= 11 is 0. The number of hydrogen-bond acceptors (Lipinski definition) is 3. The van der Waals surface area contributed by atoms with E-state index in [1.807, 2.05) is 0 Å². The van der Waals surface area contributed by atoms with Crippen LogP contribution in [0.25, 0.3) is 0 Å². The van der Waals surface area contributed by atoms with Crippen molar-refractivity contribution in [2.24, 2.45) is 11.7 Å². The van der Waals surface area contributed by atoms with Gasteiger partial charge in [0.15, 0.2) is 0 Å². The predicted molar refractivity (Wildman–Crippen MR) is 95.7 cm³/mol. The molecule has 0 radical (unpaired) electrons. The lowest BCUT2D eigenvalue weighted by molar-refractivity contribution is -0.123. The van der Waals surface area contributed by atoms with Crippen LogP contribution < -0.4 is 5.73 Å². The van der Waals surface area contributed by atoms with E-state index < -0.39 is 0 Å². The van der Waals surface area contributed by atoms with Crippen molar-refractivity contribution in [3.05, 3.63) is 35.4 Å². The molecule has 1 aromatic carbocycles. The number of nitrogens with two attached hydrogens (primary N) is 1. The Balaban J connectivity index is 1.30. The summed E-state index contributed by atoms with van der Waals surface area (Å²) < 4.78 is 0. The van der Waals surface area contributed by atoms with Gasteiger partial charge in [0.1, 0.15) is 0 Å². The van der Waals surface area contributed by atoms with Crippen molar-refractivity contribution in [1.29, 1.82) is 0 Å². The second-order valence-electron chi connectivity index (χ2n) is 7.83. The third-order valence-corrected chi connectivity index (χ3v) is 6.42. The van der Waals surface area contributed by atoms with Crippen LogP contribution in [0.15, 0.2) is 24.3 Å². The Hall–Kier alpha value is -1.39. The van der Waals surface area contributed by atoms with Gasteiger partial charge in [0.05, 0.1) is 5.92 Å². The third kappa shape index (κ3) is 3.22. The van der Waals surface area contributed by atoms with Gasteiger partial charge in [-0.25, -0.2) is 0 Å². The van der Waals surface area contributed by atoms with E-state index in [-0.39, 0.29) is 11.8 Å². The van der Waals surface area contributed by atoms with Crippen LogP contribution in [0.2, 0.25) is 0 Å². The maximum absolute atomic E-state index is 11.5. The molecular weight excluding hydrogens is 298 g/mol. The average molecular weight is 327 g/mol. The van der Waals surface area contributed by atoms with E-state index in [0.29, 0.717) is 12.1 Å². The molecule has 2 aliphatic heterocycles. The van der Waals surface area contributed by atoms with Gasteiger partial charge in [0.2, 0.25) is 5.91 Å². The van der Waals surface area contributed by atoms with E-state index in [4.69, 9.17) is 5.73 Å². The fourth-order valence-electron chi connectivity index (χ4n) is 4.98. The van der Waals surface area contributed by atoms with Crippen molar-refractivity contribution in [2.75, 3.05) is 26.2 Å². The molecule has 0 aromatic heterocycles. The third-order valence-electron chi connectivity index (χ3n) is 6.42. The first-order chi connectivity index (χ1) is 11.7. The first-order valence-electron chi connectivity index (χ1n) is 9.55. The molecule has 2 fully saturated rings. The van der Waals surface area contributed by atoms with E-state index in [2.05, 4.69) is 34.1 Å². The molecule has 24 heavy (non-hydrogen) atoms. The quantitative estimate of drug-likeness (QED) is 0.921. The largest absolute Gasteiger partial charge is 0.369 e. The first kappa shape index (κ1) is 16.1. The highest BCUT2D eigenvalue weighted by atomic mass is 16.1. The molecule has 1 unspecified atom stereocenters. The predicted octanol–water partition coefficient (Wildman–Crippen LogP) is 1.82. The van der Waals surface area contributed by atoms with Crippen molar-refractivity contribution in [3.63, 3.8) is 0 Å². The molecule has 1 aliphatic carbocycles. The number of likely N-dealkylation sites (tertiary alicyclic amines) is 2. The lowest BCUT2D eigenvalue weighted by Crippen LogP contribution is -2.52. The number of nitrogens with zero attached hydrogens (tertiary/aromatic N) is 2. The lowest BCUT2D eigenvalue weighted by atomic mass is 9.93. The SMILES string of the molecule is NC(=O)C1CCCN(C2CCN(C3Cc4ccccc4C3)CC2)C1. The van der Waals surface area contributed by atoms with Crippen LogP contribution in [0.5, 0.6) is 0 Å². The van der Waals surface area contributed by atoms with Crippen molar-refractivity contribution >= 4 is 5.91 Å². The van der Waals surface area contributed by atoms with Crippen molar-refractivity contribution in [3.8, 4) is 0 Å². The molecule has 130 valence electrons. The molecule has 1 amide bonds. The summed E-state index contributed by atoms with van der Waals surface area (Å²) in [6.07, 6.45) is 7.00. The highest BCUT2D eigenvalue weighted by Gasteiger charge is 2.33. The Morgan fingerprint density at radius 2 is 1.58 bits per heavy atom. The molecule has 4 rings (SSSR count). The minimum Gasteiger partial charge on any atom is -0.369 e. The summed E-state index contributed by atoms with van der Waals surface area (Å²) in [7, 11) is 0. The van der Waals surface area contributed by atoms with Gasteiger partial charge in [-0.05, 0) is 69.3 Å². The maximum Gasteiger partial charge on any atom is 0.221 e. The summed E-state index contributed by atoms with van der Waals surface area (Å²) in [5, 5.41) is 0. The second-order valence-corrected chi connectivity index (χ2v) is 7.83. The van der Waals surface area contributed by atoms with E-state index in [0.717, 1.165) is 25.9 Å². The molecule has 2 saturated heterocycles. The van der Waals surface area contributed by atoms with Crippen molar-refractivity contribution in [2.45, 2.75) is 50.6 Å². The summed E-state index contributed by atoms with van der Waals surface area (Å²) in [5.41, 5.74) is 8.62. The summed E-state index contributed by atoms with van der Waals surface area (Å²) in [5.74, 6) is -0.0398. The van der Waals surface area contributed by atoms with Gasteiger partial charge < -0.3 is 5.73 Å². The molecule has 0 saturated carbocycles. The molecule has 0 spiro atoms. The van der Waals surface area contributed by atoms with E-state index in [1.54, 1.807) is 11.1 Å². The highest BCUT2D eigenvalue weighted by molar-refractivity contribution is 5.76. The minimum absolute atomic E-state index is 0.0705. The number of hydrogen-bond donors (Lipinski definition) is 1. The van der Waals surface area contributed by atoms with Gasteiger partial charge in [-0.3, -0.25) is 14.6 Å². The van der Waals surface area contributed by atoms with Crippen LogP contribution in [0, 0.1) is 5.92 Å². The van der Waals surface area contributed by atoms with Crippen molar-refractivity contribution in [1.82, 2.24) is 9.80 Å². The minimum atomic E-state index is -0.110. The Kier molecular flexibility index (Phi) is 4.59. The number of carbonyl (C=O) groups excluding carboxylic acids is 1. The number of fused-ring (bicyclic) bond motifs is 1. The number of amides is 1. The molecule has 1 atom stereocenters. The van der Waals surface area contributed by atoms with E-state index in [1.165, 1.54) is 38.8 Å². The van der Waals surface area contributed by atoms with Crippen LogP contribution in [-0.2, 0) is 17.6 Å². The summed E-state index contributed by atoms with van der Waals surface area (Å²) in [6, 6.07) is 10.3. The normalized spacial score (nSPS) is 27.2. The monoisotopic (exact) mass is 327 g/mol. The molecule has 4 heteroatoms. The number of piperidine rings is 2. The molecule has 2 N–H and O–H groups in total. The fraction of sp³-hybridized carbons (Fsp3) is 0.650. The first-order valence-corrected chi connectivity index (χ1v) is 9.55. The van der Waals surface area contributed by atoms with Gasteiger partial charge in [0.25, 0.3) is 0 Å². The zero-order chi connectivity index (χ0) is 16.5. The van der Waals surface area contributed by atoms with Crippen LogP contribution >= 0.6 is 0 Å². The van der Waals surface area contributed by atoms with Crippen LogP contribution in [0.1, 0.15) is 36.8 Å². The van der Waals surface area contributed by atoms with Crippen LogP contribution in [0.4, 0.5) is 0 Å². The molecule has 2 heterocycles. The topological polar surface area (TPSA) is 49.6 Å². The van der Waals surface area contributed by atoms with Crippen LogP contribution in [-0.4, -0.2) is 54.0 Å². The van der Waals surface area contributed by atoms with Crippen LogP contribution in [0.3, 0.4) is 0 Å². The fourth-order valence-corrected chi connectivity index (χ4v) is 4.98.